The summed E-state index contributed by atoms with van der Waals surface area (Å²) in [6.07, 6.45) is 0.790. The second kappa shape index (κ2) is 5.97. The molecule has 4 nitrogen and oxygen atoms in total. The summed E-state index contributed by atoms with van der Waals surface area (Å²) in [5.41, 5.74) is 0. The molecule has 0 aliphatic heterocycles. The molecule has 0 spiro atoms. The number of hydrogen-bond acceptors (Lipinski definition) is 4. The van der Waals surface area contributed by atoms with Crippen molar-refractivity contribution < 1.29 is 14.6 Å². The number of methoxy groups -OCH3 is 1. The molecule has 0 saturated heterocycles. The van der Waals surface area contributed by atoms with E-state index in [1.165, 1.54) is 7.11 Å². The van der Waals surface area contributed by atoms with Gasteiger partial charge in [-0.15, -0.1) is 0 Å². The van der Waals surface area contributed by atoms with E-state index in [0.717, 1.165) is 6.42 Å². The maximum Gasteiger partial charge on any atom is 0.322 e. The highest BCUT2D eigenvalue weighted by Gasteiger charge is 2.15. The van der Waals surface area contributed by atoms with Gasteiger partial charge in [-0.2, -0.15) is 0 Å². The predicted octanol–water partition coefficient (Wildman–Crippen LogP) is -0.0916. The first-order chi connectivity index (χ1) is 5.65. The van der Waals surface area contributed by atoms with Crippen LogP contribution in [0, 0.1) is 0 Å². The van der Waals surface area contributed by atoms with Gasteiger partial charge >= 0.3 is 5.97 Å². The largest absolute Gasteiger partial charge is 0.468 e. The number of aliphatic hydroxyl groups excluding tert-OH is 1. The van der Waals surface area contributed by atoms with Gasteiger partial charge in [-0.1, -0.05) is 6.92 Å². The first-order valence-electron chi connectivity index (χ1n) is 4.10. The van der Waals surface area contributed by atoms with Gasteiger partial charge in [-0.3, -0.25) is 10.1 Å². The predicted molar refractivity (Wildman–Crippen MR) is 45.8 cm³/mol. The van der Waals surface area contributed by atoms with Crippen LogP contribution in [0.25, 0.3) is 0 Å². The maximum absolute atomic E-state index is 10.9. The van der Waals surface area contributed by atoms with Crippen LogP contribution in [0.1, 0.15) is 20.3 Å². The fourth-order valence-corrected chi connectivity index (χ4v) is 0.898. The summed E-state index contributed by atoms with van der Waals surface area (Å²) in [7, 11) is 1.35. The van der Waals surface area contributed by atoms with Gasteiger partial charge in [0.1, 0.15) is 6.04 Å². The molecule has 0 amide bonds. The van der Waals surface area contributed by atoms with Crippen LogP contribution < -0.4 is 5.32 Å². The van der Waals surface area contributed by atoms with E-state index in [0.29, 0.717) is 0 Å². The molecule has 72 valence electrons. The standard InChI is InChI=1S/C8H17NO3/c1-4-7(5-10)9-6(2)8(11)12-3/h6-7,9-10H,4-5H2,1-3H3/t6?,7-/m0/s1. The van der Waals surface area contributed by atoms with Crippen LogP contribution in [-0.2, 0) is 9.53 Å². The monoisotopic (exact) mass is 175 g/mol. The van der Waals surface area contributed by atoms with Gasteiger partial charge in [-0.05, 0) is 13.3 Å². The fourth-order valence-electron chi connectivity index (χ4n) is 0.898. The molecule has 2 atom stereocenters. The molecule has 0 radical (unpaired) electrons. The second-order valence-corrected chi connectivity index (χ2v) is 2.70. The summed E-state index contributed by atoms with van der Waals surface area (Å²) in [5, 5.41) is 11.8. The smallest absolute Gasteiger partial charge is 0.322 e. The Kier molecular flexibility index (Phi) is 5.66. The van der Waals surface area contributed by atoms with Crippen LogP contribution in [0.3, 0.4) is 0 Å². The summed E-state index contributed by atoms with van der Waals surface area (Å²) in [6.45, 7) is 3.69. The van der Waals surface area contributed by atoms with E-state index in [9.17, 15) is 4.79 Å². The van der Waals surface area contributed by atoms with Gasteiger partial charge in [0, 0.05) is 6.04 Å². The van der Waals surface area contributed by atoms with E-state index in [2.05, 4.69) is 10.1 Å². The van der Waals surface area contributed by atoms with Gasteiger partial charge in [0.15, 0.2) is 0 Å². The zero-order chi connectivity index (χ0) is 9.56. The van der Waals surface area contributed by atoms with Crippen LogP contribution in [0.15, 0.2) is 0 Å². The number of carbonyl (C=O) groups is 1. The van der Waals surface area contributed by atoms with E-state index in [4.69, 9.17) is 5.11 Å². The molecule has 12 heavy (non-hydrogen) atoms. The van der Waals surface area contributed by atoms with Crippen molar-refractivity contribution in [1.29, 1.82) is 0 Å². The fraction of sp³-hybridized carbons (Fsp3) is 0.875. The Morgan fingerprint density at radius 3 is 2.58 bits per heavy atom. The minimum absolute atomic E-state index is 0.0286. The lowest BCUT2D eigenvalue weighted by Gasteiger charge is -2.18. The first kappa shape index (κ1) is 11.4. The Bertz CT molecular complexity index is 134. The highest BCUT2D eigenvalue weighted by atomic mass is 16.5. The number of hydrogen-bond donors (Lipinski definition) is 2. The van der Waals surface area contributed by atoms with E-state index < -0.39 is 0 Å². The van der Waals surface area contributed by atoms with Gasteiger partial charge in [0.25, 0.3) is 0 Å². The number of nitrogens with one attached hydrogen (secondary N) is 1. The minimum Gasteiger partial charge on any atom is -0.468 e. The van der Waals surface area contributed by atoms with E-state index in [1.807, 2.05) is 6.92 Å². The summed E-state index contributed by atoms with van der Waals surface area (Å²) in [6, 6.07) is -0.383. The number of esters is 1. The van der Waals surface area contributed by atoms with E-state index in [-0.39, 0.29) is 24.7 Å². The van der Waals surface area contributed by atoms with Crippen molar-refractivity contribution >= 4 is 5.97 Å². The number of ether oxygens (including phenoxy) is 1. The molecule has 2 N–H and O–H groups in total. The third kappa shape index (κ3) is 3.69. The number of aliphatic hydroxyl groups is 1. The molecule has 0 saturated carbocycles. The normalized spacial score (nSPS) is 15.3. The quantitative estimate of drug-likeness (QED) is 0.573. The molecule has 0 fully saturated rings. The molecule has 0 aromatic carbocycles. The first-order valence-corrected chi connectivity index (χ1v) is 4.10. The summed E-state index contributed by atoms with van der Waals surface area (Å²) in [4.78, 5) is 10.9. The number of rotatable bonds is 5. The Hall–Kier alpha value is -0.610. The van der Waals surface area contributed by atoms with Crippen LogP contribution in [0.2, 0.25) is 0 Å². The molecule has 0 heterocycles. The topological polar surface area (TPSA) is 58.6 Å². The highest BCUT2D eigenvalue weighted by molar-refractivity contribution is 5.75. The Balaban J connectivity index is 3.80. The summed E-state index contributed by atoms with van der Waals surface area (Å²) >= 11 is 0. The average molecular weight is 175 g/mol. The van der Waals surface area contributed by atoms with Crippen molar-refractivity contribution in [3.63, 3.8) is 0 Å². The molecule has 0 aliphatic rings. The molecular weight excluding hydrogens is 158 g/mol. The molecule has 0 rings (SSSR count). The molecule has 1 unspecified atom stereocenters. The van der Waals surface area contributed by atoms with Gasteiger partial charge < -0.3 is 9.84 Å². The van der Waals surface area contributed by atoms with Crippen molar-refractivity contribution in [3.8, 4) is 0 Å². The zero-order valence-electron chi connectivity index (χ0n) is 7.83. The van der Waals surface area contributed by atoms with Crippen molar-refractivity contribution in [3.05, 3.63) is 0 Å². The second-order valence-electron chi connectivity index (χ2n) is 2.70. The molecule has 0 aromatic heterocycles. The number of carbonyl (C=O) groups excluding carboxylic acids is 1. The van der Waals surface area contributed by atoms with Crippen LogP contribution in [0.5, 0.6) is 0 Å². The summed E-state index contributed by atoms with van der Waals surface area (Å²) in [5.74, 6) is -0.304. The summed E-state index contributed by atoms with van der Waals surface area (Å²) < 4.78 is 4.52. The molecule has 0 aromatic rings. The zero-order valence-corrected chi connectivity index (χ0v) is 7.83. The Morgan fingerprint density at radius 1 is 1.67 bits per heavy atom. The van der Waals surface area contributed by atoms with Gasteiger partial charge in [-0.25, -0.2) is 0 Å². The lowest BCUT2D eigenvalue weighted by molar-refractivity contribution is -0.142. The van der Waals surface area contributed by atoms with Crippen LogP contribution >= 0.6 is 0 Å². The maximum atomic E-state index is 10.9. The lowest BCUT2D eigenvalue weighted by atomic mass is 10.2. The van der Waals surface area contributed by atoms with Crippen LogP contribution in [-0.4, -0.2) is 36.9 Å². The molecule has 0 bridgehead atoms. The highest BCUT2D eigenvalue weighted by Crippen LogP contribution is 1.93. The Morgan fingerprint density at radius 2 is 2.25 bits per heavy atom. The van der Waals surface area contributed by atoms with Crippen molar-refractivity contribution in [1.82, 2.24) is 5.32 Å². The van der Waals surface area contributed by atoms with E-state index in [1.54, 1.807) is 6.92 Å². The van der Waals surface area contributed by atoms with Crippen molar-refractivity contribution in [2.24, 2.45) is 0 Å². The molecule has 0 aliphatic carbocycles. The van der Waals surface area contributed by atoms with Gasteiger partial charge in [0.05, 0.1) is 13.7 Å². The molecule has 4 heteroatoms. The van der Waals surface area contributed by atoms with Gasteiger partial charge in [0.2, 0.25) is 0 Å². The third-order valence-corrected chi connectivity index (χ3v) is 1.75. The SMILES string of the molecule is CC[C@@H](CO)NC(C)C(=O)OC. The average Bonchev–Trinajstić information content (AvgIpc) is 2.12. The minimum atomic E-state index is -0.355. The lowest BCUT2D eigenvalue weighted by Crippen LogP contribution is -2.43. The van der Waals surface area contributed by atoms with Crippen molar-refractivity contribution in [2.45, 2.75) is 32.4 Å². The van der Waals surface area contributed by atoms with E-state index >= 15 is 0 Å². The third-order valence-electron chi connectivity index (χ3n) is 1.75. The Labute approximate surface area is 72.9 Å². The molecular formula is C8H17NO3. The van der Waals surface area contributed by atoms with Crippen molar-refractivity contribution in [2.75, 3.05) is 13.7 Å². The van der Waals surface area contributed by atoms with Crippen LogP contribution in [0.4, 0.5) is 0 Å².